The van der Waals surface area contributed by atoms with Gasteiger partial charge in [0.2, 0.25) is 0 Å². The number of carbonyl (C=O) groups is 1. The van der Waals surface area contributed by atoms with Crippen molar-refractivity contribution in [2.24, 2.45) is 4.40 Å². The van der Waals surface area contributed by atoms with Crippen molar-refractivity contribution in [1.82, 2.24) is 9.80 Å². The summed E-state index contributed by atoms with van der Waals surface area (Å²) in [5.41, 5.74) is 0. The average molecular weight is 412 g/mol. The maximum Gasteiger partial charge on any atom is 0.284 e. The van der Waals surface area contributed by atoms with Crippen LogP contribution in [-0.2, 0) is 14.8 Å². The second-order valence-corrected chi connectivity index (χ2v) is 9.44. The number of hydrogen-bond acceptors (Lipinski definition) is 5. The summed E-state index contributed by atoms with van der Waals surface area (Å²) in [5, 5.41) is 0.171. The first-order chi connectivity index (χ1) is 12.8. The van der Waals surface area contributed by atoms with Gasteiger partial charge in [0.05, 0.1) is 9.80 Å². The number of benzene rings is 1. The lowest BCUT2D eigenvalue weighted by molar-refractivity contribution is -0.124. The molecule has 2 fully saturated rings. The van der Waals surface area contributed by atoms with E-state index in [0.29, 0.717) is 4.91 Å². The van der Waals surface area contributed by atoms with Crippen LogP contribution in [0.5, 0.6) is 0 Å². The molecule has 1 aliphatic carbocycles. The molecule has 0 bridgehead atoms. The van der Waals surface area contributed by atoms with Gasteiger partial charge in [0.15, 0.2) is 5.17 Å². The molecule has 146 valence electrons. The summed E-state index contributed by atoms with van der Waals surface area (Å²) >= 11 is 1.07. The Bertz CT molecular complexity index is 874. The fraction of sp³-hybridized carbons (Fsp3) is 0.444. The number of halogens is 1. The second kappa shape index (κ2) is 8.02. The van der Waals surface area contributed by atoms with Crippen molar-refractivity contribution in [3.05, 3.63) is 41.2 Å². The third-order valence-corrected chi connectivity index (χ3v) is 6.83. The van der Waals surface area contributed by atoms with Gasteiger partial charge in [0.25, 0.3) is 15.9 Å². The van der Waals surface area contributed by atoms with Crippen molar-refractivity contribution >= 4 is 32.9 Å². The molecule has 1 aromatic rings. The van der Waals surface area contributed by atoms with E-state index >= 15 is 0 Å². The molecule has 1 heterocycles. The fourth-order valence-corrected chi connectivity index (χ4v) is 5.50. The van der Waals surface area contributed by atoms with Gasteiger partial charge in [-0.1, -0.05) is 19.3 Å². The van der Waals surface area contributed by atoms with E-state index in [1.165, 1.54) is 17.0 Å². The molecular formula is C18H22FN3O3S2. The molecule has 1 aromatic carbocycles. The van der Waals surface area contributed by atoms with Crippen LogP contribution in [0, 0.1) is 5.82 Å². The first-order valence-electron chi connectivity index (χ1n) is 8.78. The van der Waals surface area contributed by atoms with Gasteiger partial charge >= 0.3 is 0 Å². The van der Waals surface area contributed by atoms with Crippen LogP contribution in [0.15, 0.2) is 44.7 Å². The molecule has 6 nitrogen and oxygen atoms in total. The maximum atomic E-state index is 13.1. The maximum absolute atomic E-state index is 13.1. The number of nitrogens with zero attached hydrogens (tertiary/aromatic N) is 3. The molecule has 0 atom stereocenters. The first kappa shape index (κ1) is 19.9. The molecule has 0 unspecified atom stereocenters. The number of thioether (sulfide) groups is 1. The Hall–Kier alpha value is -1.87. The number of sulfonamides is 1. The Morgan fingerprint density at radius 3 is 2.41 bits per heavy atom. The second-order valence-electron chi connectivity index (χ2n) is 6.83. The molecule has 27 heavy (non-hydrogen) atoms. The molecule has 1 saturated carbocycles. The molecule has 9 heteroatoms. The van der Waals surface area contributed by atoms with Gasteiger partial charge in [-0.2, -0.15) is 8.42 Å². The zero-order chi connectivity index (χ0) is 19.6. The van der Waals surface area contributed by atoms with Gasteiger partial charge in [-0.15, -0.1) is 4.40 Å². The Morgan fingerprint density at radius 1 is 1.19 bits per heavy atom. The topological polar surface area (TPSA) is 70.1 Å². The molecule has 2 aliphatic rings. The van der Waals surface area contributed by atoms with Crippen molar-refractivity contribution in [1.29, 1.82) is 0 Å². The molecule has 0 radical (unpaired) electrons. The normalized spacial score (nSPS) is 22.0. The summed E-state index contributed by atoms with van der Waals surface area (Å²) in [7, 11) is -0.438. The summed E-state index contributed by atoms with van der Waals surface area (Å²) in [4.78, 5) is 16.5. The van der Waals surface area contributed by atoms with Crippen LogP contribution in [-0.4, -0.2) is 49.4 Å². The zero-order valence-electron chi connectivity index (χ0n) is 15.3. The predicted octanol–water partition coefficient (Wildman–Crippen LogP) is 3.18. The molecule has 0 spiro atoms. The lowest BCUT2D eigenvalue weighted by Crippen LogP contribution is -2.40. The van der Waals surface area contributed by atoms with Gasteiger partial charge in [0.1, 0.15) is 5.82 Å². The Kier molecular flexibility index (Phi) is 5.90. The van der Waals surface area contributed by atoms with Gasteiger partial charge in [-0.3, -0.25) is 9.69 Å². The zero-order valence-corrected chi connectivity index (χ0v) is 16.9. The van der Waals surface area contributed by atoms with Crippen LogP contribution in [0.3, 0.4) is 0 Å². The standard InChI is InChI=1S/C18H22FN3O3S2/c1-21(2)12-16-17(23)22(14-6-4-3-5-7-14)18(26-16)20-27(24,25)15-10-8-13(19)9-11-15/h8-12,14H,3-7H2,1-2H3/b16-12+,20-18+. The third-order valence-electron chi connectivity index (χ3n) is 4.46. The van der Waals surface area contributed by atoms with Gasteiger partial charge in [-0.25, -0.2) is 4.39 Å². The minimum atomic E-state index is -4.04. The molecule has 0 N–H and O–H groups in total. The lowest BCUT2D eigenvalue weighted by Gasteiger charge is -2.30. The van der Waals surface area contributed by atoms with E-state index in [9.17, 15) is 17.6 Å². The van der Waals surface area contributed by atoms with Crippen molar-refractivity contribution in [3.63, 3.8) is 0 Å². The molecule has 1 saturated heterocycles. The monoisotopic (exact) mass is 411 g/mol. The van der Waals surface area contributed by atoms with Crippen molar-refractivity contribution in [2.45, 2.75) is 43.0 Å². The molecular weight excluding hydrogens is 389 g/mol. The predicted molar refractivity (Wildman–Crippen MR) is 104 cm³/mol. The smallest absolute Gasteiger partial charge is 0.284 e. The number of carbonyl (C=O) groups excluding carboxylic acids is 1. The molecule has 1 amide bonds. The lowest BCUT2D eigenvalue weighted by atomic mass is 9.94. The number of amides is 1. The van der Waals surface area contributed by atoms with E-state index in [-0.39, 0.29) is 22.0 Å². The van der Waals surface area contributed by atoms with Crippen LogP contribution in [0.25, 0.3) is 0 Å². The molecule has 3 rings (SSSR count). The van der Waals surface area contributed by atoms with Gasteiger partial charge in [0, 0.05) is 26.3 Å². The largest absolute Gasteiger partial charge is 0.382 e. The van der Waals surface area contributed by atoms with Crippen molar-refractivity contribution in [2.75, 3.05) is 14.1 Å². The van der Waals surface area contributed by atoms with Crippen LogP contribution in [0.1, 0.15) is 32.1 Å². The van der Waals surface area contributed by atoms with Crippen molar-refractivity contribution < 1.29 is 17.6 Å². The minimum absolute atomic E-state index is 0.0472. The quantitative estimate of drug-likeness (QED) is 0.712. The first-order valence-corrected chi connectivity index (χ1v) is 11.0. The van der Waals surface area contributed by atoms with Gasteiger partial charge < -0.3 is 4.90 Å². The highest BCUT2D eigenvalue weighted by molar-refractivity contribution is 8.19. The van der Waals surface area contributed by atoms with E-state index in [1.54, 1.807) is 25.2 Å². The third kappa shape index (κ3) is 4.52. The number of amidine groups is 1. The van der Waals surface area contributed by atoms with Crippen LogP contribution in [0.2, 0.25) is 0 Å². The van der Waals surface area contributed by atoms with E-state index in [1.807, 2.05) is 0 Å². The van der Waals surface area contributed by atoms with Crippen molar-refractivity contribution in [3.8, 4) is 0 Å². The Labute approximate surface area is 163 Å². The molecule has 1 aliphatic heterocycles. The summed E-state index contributed by atoms with van der Waals surface area (Å²) < 4.78 is 42.4. The summed E-state index contributed by atoms with van der Waals surface area (Å²) in [6.07, 6.45) is 6.46. The van der Waals surface area contributed by atoms with E-state index in [4.69, 9.17) is 0 Å². The molecule has 0 aromatic heterocycles. The van der Waals surface area contributed by atoms with Crippen LogP contribution >= 0.6 is 11.8 Å². The highest BCUT2D eigenvalue weighted by Crippen LogP contribution is 2.37. The minimum Gasteiger partial charge on any atom is -0.382 e. The Morgan fingerprint density at radius 2 is 1.81 bits per heavy atom. The van der Waals surface area contributed by atoms with Crippen LogP contribution < -0.4 is 0 Å². The SMILES string of the molecule is CN(C)/C=C1/S/C(=N/S(=O)(=O)c2ccc(F)cc2)N(C2CCCCC2)C1=O. The summed E-state index contributed by atoms with van der Waals surface area (Å²) in [5.74, 6) is -0.735. The summed E-state index contributed by atoms with van der Waals surface area (Å²) in [6, 6.07) is 4.47. The number of rotatable bonds is 4. The Balaban J connectivity index is 1.99. The van der Waals surface area contributed by atoms with E-state index in [0.717, 1.165) is 56.0 Å². The fourth-order valence-electron chi connectivity index (χ4n) is 3.20. The van der Waals surface area contributed by atoms with E-state index in [2.05, 4.69) is 4.40 Å². The highest BCUT2D eigenvalue weighted by atomic mass is 32.2. The van der Waals surface area contributed by atoms with E-state index < -0.39 is 15.8 Å². The summed E-state index contributed by atoms with van der Waals surface area (Å²) in [6.45, 7) is 0. The van der Waals surface area contributed by atoms with Crippen LogP contribution in [0.4, 0.5) is 4.39 Å². The average Bonchev–Trinajstić information content (AvgIpc) is 2.90. The highest BCUT2D eigenvalue weighted by Gasteiger charge is 2.40. The number of hydrogen-bond donors (Lipinski definition) is 0. The van der Waals surface area contributed by atoms with Gasteiger partial charge in [-0.05, 0) is 48.9 Å².